The van der Waals surface area contributed by atoms with Gasteiger partial charge in [-0.25, -0.2) is 0 Å². The van der Waals surface area contributed by atoms with Gasteiger partial charge in [-0.1, -0.05) is 19.8 Å². The molecule has 1 unspecified atom stereocenters. The normalized spacial score (nSPS) is 54.2. The van der Waals surface area contributed by atoms with Crippen molar-refractivity contribution in [1.82, 2.24) is 5.32 Å². The first-order chi connectivity index (χ1) is 5.79. The number of rotatable bonds is 3. The molecular formula is C11H19N. The van der Waals surface area contributed by atoms with E-state index < -0.39 is 0 Å². The van der Waals surface area contributed by atoms with E-state index in [0.717, 1.165) is 11.3 Å². The first kappa shape index (κ1) is 7.37. The van der Waals surface area contributed by atoms with Crippen molar-refractivity contribution >= 4 is 0 Å². The molecule has 2 bridgehead atoms. The molecule has 2 aliphatic heterocycles. The fraction of sp³-hybridized carbons (Fsp3) is 1.00. The summed E-state index contributed by atoms with van der Waals surface area (Å²) in [5.41, 5.74) is 1.47. The fourth-order valence-electron chi connectivity index (χ4n) is 4.11. The smallest absolute Gasteiger partial charge is 0.0196 e. The maximum atomic E-state index is 3.70. The molecule has 1 N–H and O–H groups in total. The molecule has 1 atom stereocenters. The second-order valence-corrected chi connectivity index (χ2v) is 5.39. The van der Waals surface area contributed by atoms with Gasteiger partial charge in [-0.3, -0.25) is 0 Å². The molecular weight excluding hydrogens is 146 g/mol. The van der Waals surface area contributed by atoms with Crippen molar-refractivity contribution in [3.05, 3.63) is 0 Å². The predicted octanol–water partition coefficient (Wildman–Crippen LogP) is 2.32. The number of piperidine rings is 1. The molecule has 12 heavy (non-hydrogen) atoms. The molecule has 2 heterocycles. The summed E-state index contributed by atoms with van der Waals surface area (Å²) in [5, 5.41) is 3.70. The summed E-state index contributed by atoms with van der Waals surface area (Å²) in [4.78, 5) is 0. The highest BCUT2D eigenvalue weighted by Crippen LogP contribution is 2.69. The van der Waals surface area contributed by atoms with E-state index in [2.05, 4.69) is 12.2 Å². The van der Waals surface area contributed by atoms with E-state index in [-0.39, 0.29) is 0 Å². The van der Waals surface area contributed by atoms with Crippen LogP contribution in [0.5, 0.6) is 0 Å². The molecule has 0 aromatic heterocycles. The summed E-state index contributed by atoms with van der Waals surface area (Å²) < 4.78 is 0. The first-order valence-corrected chi connectivity index (χ1v) is 5.54. The molecule has 5 fully saturated rings. The second-order valence-electron chi connectivity index (χ2n) is 5.39. The van der Waals surface area contributed by atoms with Gasteiger partial charge in [-0.15, -0.1) is 0 Å². The van der Waals surface area contributed by atoms with E-state index in [1.165, 1.54) is 45.1 Å². The van der Waals surface area contributed by atoms with Crippen LogP contribution < -0.4 is 5.32 Å². The maximum absolute atomic E-state index is 3.70. The molecule has 0 spiro atoms. The number of unbranched alkanes of at least 4 members (excludes halogenated alkanes) is 1. The molecule has 5 rings (SSSR count). The Bertz CT molecular complexity index is 203. The zero-order valence-electron chi connectivity index (χ0n) is 8.03. The summed E-state index contributed by atoms with van der Waals surface area (Å²) in [6, 6.07) is 0. The lowest BCUT2D eigenvalue weighted by Gasteiger charge is -2.36. The standard InChI is InChI=1S/C11H19N/c1-2-3-4-9-5-11-6-10(9,7-11)8-12-11/h9,12H,2-8H2,1H3. The van der Waals surface area contributed by atoms with Gasteiger partial charge in [0.2, 0.25) is 0 Å². The van der Waals surface area contributed by atoms with Crippen LogP contribution in [0, 0.1) is 11.3 Å². The second kappa shape index (κ2) is 2.06. The largest absolute Gasteiger partial charge is 0.311 e. The predicted molar refractivity (Wildman–Crippen MR) is 50.0 cm³/mol. The Hall–Kier alpha value is -0.0400. The molecule has 5 aliphatic rings. The van der Waals surface area contributed by atoms with E-state index in [4.69, 9.17) is 0 Å². The minimum Gasteiger partial charge on any atom is -0.311 e. The average molecular weight is 165 g/mol. The van der Waals surface area contributed by atoms with Crippen LogP contribution >= 0.6 is 0 Å². The van der Waals surface area contributed by atoms with Crippen molar-refractivity contribution in [2.75, 3.05) is 6.54 Å². The summed E-state index contributed by atoms with van der Waals surface area (Å²) in [6.07, 6.45) is 8.91. The Morgan fingerprint density at radius 1 is 1.42 bits per heavy atom. The number of nitrogens with one attached hydrogen (secondary N) is 1. The Kier molecular flexibility index (Phi) is 1.27. The zero-order valence-corrected chi connectivity index (χ0v) is 8.03. The third kappa shape index (κ3) is 0.693. The lowest BCUT2D eigenvalue weighted by Crippen LogP contribution is -2.39. The van der Waals surface area contributed by atoms with Crippen LogP contribution in [0.2, 0.25) is 0 Å². The highest BCUT2D eigenvalue weighted by atomic mass is 15.1. The lowest BCUT2D eigenvalue weighted by atomic mass is 9.67. The zero-order chi connectivity index (χ0) is 8.23. The van der Waals surface area contributed by atoms with Gasteiger partial charge in [0.15, 0.2) is 0 Å². The summed E-state index contributed by atoms with van der Waals surface area (Å²) in [5.74, 6) is 1.10. The Morgan fingerprint density at radius 2 is 2.25 bits per heavy atom. The molecule has 0 amide bonds. The van der Waals surface area contributed by atoms with Crippen LogP contribution in [0.15, 0.2) is 0 Å². The van der Waals surface area contributed by atoms with Crippen molar-refractivity contribution in [3.63, 3.8) is 0 Å². The molecule has 3 saturated carbocycles. The lowest BCUT2D eigenvalue weighted by molar-refractivity contribution is 0.166. The molecule has 68 valence electrons. The molecule has 1 nitrogen and oxygen atoms in total. The van der Waals surface area contributed by atoms with Crippen LogP contribution in [0.1, 0.15) is 45.4 Å². The van der Waals surface area contributed by atoms with Crippen molar-refractivity contribution < 1.29 is 0 Å². The van der Waals surface area contributed by atoms with Crippen molar-refractivity contribution in [3.8, 4) is 0 Å². The van der Waals surface area contributed by atoms with E-state index in [1.54, 1.807) is 0 Å². The SMILES string of the molecule is CCCCC1CC23CC1(CN2)C3. The molecule has 0 radical (unpaired) electrons. The van der Waals surface area contributed by atoms with Gasteiger partial charge in [0.05, 0.1) is 0 Å². The van der Waals surface area contributed by atoms with E-state index in [1.807, 2.05) is 0 Å². The van der Waals surface area contributed by atoms with Gasteiger partial charge in [-0.2, -0.15) is 0 Å². The highest BCUT2D eigenvalue weighted by molar-refractivity contribution is 5.25. The van der Waals surface area contributed by atoms with Crippen LogP contribution in [-0.2, 0) is 0 Å². The van der Waals surface area contributed by atoms with E-state index in [9.17, 15) is 0 Å². The van der Waals surface area contributed by atoms with Gasteiger partial charge in [0.25, 0.3) is 0 Å². The van der Waals surface area contributed by atoms with Gasteiger partial charge >= 0.3 is 0 Å². The Labute approximate surface area is 74.9 Å². The topological polar surface area (TPSA) is 12.0 Å². The maximum Gasteiger partial charge on any atom is 0.0196 e. The third-order valence-electron chi connectivity index (χ3n) is 4.61. The summed E-state index contributed by atoms with van der Waals surface area (Å²) >= 11 is 0. The average Bonchev–Trinajstić information content (AvgIpc) is 2.66. The van der Waals surface area contributed by atoms with Crippen molar-refractivity contribution in [2.45, 2.75) is 51.0 Å². The van der Waals surface area contributed by atoms with Crippen LogP contribution in [0.4, 0.5) is 0 Å². The molecule has 3 aliphatic carbocycles. The minimum atomic E-state index is 0.665. The Morgan fingerprint density at radius 3 is 2.75 bits per heavy atom. The van der Waals surface area contributed by atoms with E-state index >= 15 is 0 Å². The van der Waals surface area contributed by atoms with Crippen molar-refractivity contribution in [1.29, 1.82) is 0 Å². The van der Waals surface area contributed by atoms with Crippen LogP contribution in [0.3, 0.4) is 0 Å². The van der Waals surface area contributed by atoms with Gasteiger partial charge in [-0.05, 0) is 37.0 Å². The monoisotopic (exact) mass is 165 g/mol. The highest BCUT2D eigenvalue weighted by Gasteiger charge is 2.70. The van der Waals surface area contributed by atoms with Gasteiger partial charge in [0, 0.05) is 12.1 Å². The molecule has 2 saturated heterocycles. The van der Waals surface area contributed by atoms with Gasteiger partial charge in [0.1, 0.15) is 0 Å². The van der Waals surface area contributed by atoms with E-state index in [0.29, 0.717) is 5.54 Å². The van der Waals surface area contributed by atoms with Crippen molar-refractivity contribution in [2.24, 2.45) is 11.3 Å². The first-order valence-electron chi connectivity index (χ1n) is 5.54. The van der Waals surface area contributed by atoms with Crippen LogP contribution in [-0.4, -0.2) is 12.1 Å². The van der Waals surface area contributed by atoms with Crippen LogP contribution in [0.25, 0.3) is 0 Å². The molecule has 1 heteroatoms. The fourth-order valence-corrected chi connectivity index (χ4v) is 4.11. The summed E-state index contributed by atoms with van der Waals surface area (Å²) in [7, 11) is 0. The summed E-state index contributed by atoms with van der Waals surface area (Å²) in [6.45, 7) is 3.66. The quantitative estimate of drug-likeness (QED) is 0.676. The molecule has 0 aromatic carbocycles. The number of fused-ring (bicyclic) bond motifs is 2. The third-order valence-corrected chi connectivity index (χ3v) is 4.61. The number of hydrogen-bond donors (Lipinski definition) is 1. The molecule has 0 aromatic rings. The minimum absolute atomic E-state index is 0.665. The van der Waals surface area contributed by atoms with Gasteiger partial charge < -0.3 is 5.32 Å². The Balaban J connectivity index is 1.69. The number of hydrogen-bond acceptors (Lipinski definition) is 1.